The van der Waals surface area contributed by atoms with Crippen molar-refractivity contribution in [1.82, 2.24) is 15.2 Å². The van der Waals surface area contributed by atoms with Crippen LogP contribution in [0.1, 0.15) is 19.8 Å². The first-order valence-corrected chi connectivity index (χ1v) is 10.8. The molecule has 3 N–H and O–H groups in total. The molecule has 0 atom stereocenters. The molecule has 0 saturated carbocycles. The largest absolute Gasteiger partial charge is 0.348 e. The molecule has 0 radical (unpaired) electrons. The van der Waals surface area contributed by atoms with Crippen LogP contribution in [0.2, 0.25) is 10.0 Å². The third kappa shape index (κ3) is 3.43. The molecule has 0 spiro atoms. The first-order valence-electron chi connectivity index (χ1n) is 8.41. The Morgan fingerprint density at radius 1 is 1.35 bits per heavy atom. The zero-order valence-corrected chi connectivity index (χ0v) is 17.4. The molecule has 0 aliphatic carbocycles. The van der Waals surface area contributed by atoms with Crippen LogP contribution in [0.3, 0.4) is 0 Å². The minimum atomic E-state index is 0.249. The molecule has 1 aromatic carbocycles. The fraction of sp³-hybridized carbons (Fsp3) is 0.412. The maximum Gasteiger partial charge on any atom is 0.188 e. The molecular formula is C17H19Cl2N5S2. The van der Waals surface area contributed by atoms with Crippen molar-refractivity contribution in [3.8, 4) is 0 Å². The van der Waals surface area contributed by atoms with Gasteiger partial charge in [0, 0.05) is 18.0 Å². The Morgan fingerprint density at radius 2 is 2.12 bits per heavy atom. The summed E-state index contributed by atoms with van der Waals surface area (Å²) in [7, 11) is 0. The van der Waals surface area contributed by atoms with Crippen molar-refractivity contribution < 1.29 is 0 Å². The molecule has 4 rings (SSSR count). The van der Waals surface area contributed by atoms with E-state index in [1.165, 1.54) is 11.8 Å². The summed E-state index contributed by atoms with van der Waals surface area (Å²) in [5, 5.41) is 10.5. The topological polar surface area (TPSA) is 70.8 Å². The van der Waals surface area contributed by atoms with Crippen LogP contribution in [-0.2, 0) is 0 Å². The number of hydrogen-bond donors (Lipinski definition) is 2. The van der Waals surface area contributed by atoms with E-state index in [9.17, 15) is 0 Å². The number of H-pyrrole nitrogens is 1. The maximum atomic E-state index is 6.31. The van der Waals surface area contributed by atoms with Crippen LogP contribution in [0.5, 0.6) is 0 Å². The van der Waals surface area contributed by atoms with Crippen LogP contribution in [-0.4, -0.2) is 34.8 Å². The highest BCUT2D eigenvalue weighted by Crippen LogP contribution is 2.41. The number of anilines is 1. The summed E-state index contributed by atoms with van der Waals surface area (Å²) in [6.07, 6.45) is 2.18. The van der Waals surface area contributed by atoms with Gasteiger partial charge in [-0.3, -0.25) is 5.10 Å². The molecule has 0 bridgehead atoms. The Hall–Kier alpha value is -0.990. The monoisotopic (exact) mass is 427 g/mol. The van der Waals surface area contributed by atoms with Crippen LogP contribution in [0.15, 0.2) is 28.1 Å². The van der Waals surface area contributed by atoms with Crippen LogP contribution in [0, 0.1) is 5.41 Å². The number of benzene rings is 1. The fourth-order valence-corrected chi connectivity index (χ4v) is 5.39. The van der Waals surface area contributed by atoms with Gasteiger partial charge in [-0.2, -0.15) is 5.10 Å². The molecule has 0 amide bonds. The summed E-state index contributed by atoms with van der Waals surface area (Å²) in [6.45, 7) is 4.97. The highest BCUT2D eigenvalue weighted by Gasteiger charge is 2.30. The van der Waals surface area contributed by atoms with E-state index < -0.39 is 0 Å². The predicted octanol–water partition coefficient (Wildman–Crippen LogP) is 5.04. The van der Waals surface area contributed by atoms with Crippen molar-refractivity contribution in [2.24, 2.45) is 11.1 Å². The van der Waals surface area contributed by atoms with Crippen LogP contribution in [0.4, 0.5) is 5.13 Å². The molecule has 3 aromatic rings. The van der Waals surface area contributed by atoms with Gasteiger partial charge in [0.05, 0.1) is 10.0 Å². The Labute approximate surface area is 170 Å². The second kappa shape index (κ2) is 7.20. The molecule has 1 fully saturated rings. The summed E-state index contributed by atoms with van der Waals surface area (Å²) in [6, 6.07) is 5.61. The molecule has 26 heavy (non-hydrogen) atoms. The second-order valence-corrected chi connectivity index (χ2v) is 9.65. The average molecular weight is 428 g/mol. The zero-order valence-electron chi connectivity index (χ0n) is 14.3. The van der Waals surface area contributed by atoms with Crippen molar-refractivity contribution in [3.63, 3.8) is 0 Å². The fourth-order valence-electron chi connectivity index (χ4n) is 3.00. The molecule has 1 saturated heterocycles. The Kier molecular flexibility index (Phi) is 5.09. The third-order valence-corrected chi connectivity index (χ3v) is 7.92. The second-order valence-electron chi connectivity index (χ2n) is 6.86. The number of fused-ring (bicyclic) bond motifs is 1. The number of rotatable bonds is 4. The van der Waals surface area contributed by atoms with Gasteiger partial charge >= 0.3 is 0 Å². The highest BCUT2D eigenvalue weighted by atomic mass is 35.5. The molecule has 2 aromatic heterocycles. The van der Waals surface area contributed by atoms with E-state index in [0.717, 1.165) is 57.9 Å². The lowest BCUT2D eigenvalue weighted by Gasteiger charge is -2.38. The van der Waals surface area contributed by atoms with E-state index in [1.807, 2.05) is 12.1 Å². The molecular weight excluding hydrogens is 409 g/mol. The predicted molar refractivity (Wildman–Crippen MR) is 111 cm³/mol. The molecule has 1 aliphatic heterocycles. The minimum Gasteiger partial charge on any atom is -0.348 e. The number of nitrogens with two attached hydrogens (primary N) is 1. The number of aromatic amines is 1. The van der Waals surface area contributed by atoms with E-state index in [-0.39, 0.29) is 5.41 Å². The first kappa shape index (κ1) is 18.4. The van der Waals surface area contributed by atoms with Crippen molar-refractivity contribution in [1.29, 1.82) is 0 Å². The summed E-state index contributed by atoms with van der Waals surface area (Å²) < 4.78 is 0. The molecule has 0 unspecified atom stereocenters. The summed E-state index contributed by atoms with van der Waals surface area (Å²) >= 11 is 15.5. The van der Waals surface area contributed by atoms with Crippen molar-refractivity contribution in [2.45, 2.75) is 29.7 Å². The maximum absolute atomic E-state index is 6.31. The van der Waals surface area contributed by atoms with Gasteiger partial charge in [0.1, 0.15) is 10.5 Å². The van der Waals surface area contributed by atoms with E-state index in [0.29, 0.717) is 10.0 Å². The van der Waals surface area contributed by atoms with Crippen molar-refractivity contribution in [3.05, 3.63) is 28.2 Å². The van der Waals surface area contributed by atoms with E-state index >= 15 is 0 Å². The molecule has 138 valence electrons. The first-order chi connectivity index (χ1) is 12.5. The standard InChI is InChI=1S/C17H19Cl2N5S2/c1-17(9-20)5-7-24(8-6-17)16-21-13-14(22-23-15(13)26-16)25-11-4-2-3-10(18)12(11)19/h2-4H,5-9,20H2,1H3,(H,22,23). The number of piperidine rings is 1. The Morgan fingerprint density at radius 3 is 2.85 bits per heavy atom. The molecule has 3 heterocycles. The van der Waals surface area contributed by atoms with Gasteiger partial charge in [-0.15, -0.1) is 0 Å². The van der Waals surface area contributed by atoms with Gasteiger partial charge in [-0.1, -0.05) is 59.3 Å². The smallest absolute Gasteiger partial charge is 0.188 e. The molecule has 9 heteroatoms. The summed E-state index contributed by atoms with van der Waals surface area (Å²) in [5.74, 6) is 0. The number of halogens is 2. The Bertz CT molecular complexity index is 931. The average Bonchev–Trinajstić information content (AvgIpc) is 3.21. The highest BCUT2D eigenvalue weighted by molar-refractivity contribution is 7.99. The van der Waals surface area contributed by atoms with E-state index in [1.54, 1.807) is 17.4 Å². The van der Waals surface area contributed by atoms with Gasteiger partial charge < -0.3 is 10.6 Å². The minimum absolute atomic E-state index is 0.249. The molecule has 5 nitrogen and oxygen atoms in total. The van der Waals surface area contributed by atoms with E-state index in [4.69, 9.17) is 33.9 Å². The quantitative estimate of drug-likeness (QED) is 0.609. The van der Waals surface area contributed by atoms with Crippen LogP contribution < -0.4 is 10.6 Å². The van der Waals surface area contributed by atoms with Crippen LogP contribution >= 0.6 is 46.3 Å². The Balaban J connectivity index is 1.57. The zero-order chi connectivity index (χ0) is 18.3. The van der Waals surface area contributed by atoms with Gasteiger partial charge in [0.15, 0.2) is 9.96 Å². The number of aromatic nitrogens is 3. The lowest BCUT2D eigenvalue weighted by Crippen LogP contribution is -2.42. The molecule has 1 aliphatic rings. The van der Waals surface area contributed by atoms with Crippen molar-refractivity contribution in [2.75, 3.05) is 24.5 Å². The van der Waals surface area contributed by atoms with Gasteiger partial charge in [-0.05, 0) is 36.9 Å². The van der Waals surface area contributed by atoms with Crippen LogP contribution in [0.25, 0.3) is 10.3 Å². The van der Waals surface area contributed by atoms with Crippen molar-refractivity contribution >= 4 is 61.8 Å². The van der Waals surface area contributed by atoms with Gasteiger partial charge in [0.2, 0.25) is 0 Å². The number of nitrogens with zero attached hydrogens (tertiary/aromatic N) is 3. The van der Waals surface area contributed by atoms with E-state index in [2.05, 4.69) is 22.0 Å². The lowest BCUT2D eigenvalue weighted by molar-refractivity contribution is 0.258. The normalized spacial score (nSPS) is 17.2. The van der Waals surface area contributed by atoms with Gasteiger partial charge in [-0.25, -0.2) is 4.98 Å². The lowest BCUT2D eigenvalue weighted by atomic mass is 9.81. The van der Waals surface area contributed by atoms with Gasteiger partial charge in [0.25, 0.3) is 0 Å². The number of nitrogens with one attached hydrogen (secondary N) is 1. The summed E-state index contributed by atoms with van der Waals surface area (Å²) in [5.41, 5.74) is 7.05. The number of hydrogen-bond acceptors (Lipinski definition) is 6. The SMILES string of the molecule is CC1(CN)CCN(c2nc3c(Sc4cccc(Cl)c4Cl)[nH]nc3s2)CC1. The third-order valence-electron chi connectivity index (χ3n) is 4.93. The summed E-state index contributed by atoms with van der Waals surface area (Å²) in [4.78, 5) is 8.97. The number of thiazole rings is 1.